The zero-order valence-electron chi connectivity index (χ0n) is 40.8. The van der Waals surface area contributed by atoms with E-state index in [0.717, 1.165) is 51.4 Å². The number of ether oxygens (including phenoxy) is 3. The summed E-state index contributed by atoms with van der Waals surface area (Å²) < 4.78 is 47.8. The topological polar surface area (TPSA) is 119 Å². The van der Waals surface area contributed by atoms with Crippen molar-refractivity contribution in [2.75, 3.05) is 33.0 Å². The van der Waals surface area contributed by atoms with Crippen molar-refractivity contribution in [3.05, 3.63) is 24.3 Å². The van der Waals surface area contributed by atoms with E-state index < -0.39 is 31.2 Å². The first-order valence-corrected chi connectivity index (χ1v) is 26.3. The minimum atomic E-state index is -4.13. The smallest absolute Gasteiger partial charge is 0.457 e. The Balaban J connectivity index is 4.82. The quantitative estimate of drug-likeness (QED) is 0.0277. The van der Waals surface area contributed by atoms with Crippen LogP contribution in [0, 0.1) is 0 Å². The molecule has 10 nitrogen and oxygen atoms in total. The number of nitrogens with one attached hydrogen (secondary N) is 1. The van der Waals surface area contributed by atoms with E-state index in [1.807, 2.05) is 6.08 Å². The van der Waals surface area contributed by atoms with Gasteiger partial charge in [-0.1, -0.05) is 167 Å². The van der Waals surface area contributed by atoms with Crippen LogP contribution < -0.4 is 5.32 Å². The molecule has 2 atom stereocenters. The van der Waals surface area contributed by atoms with Crippen LogP contribution in [0.15, 0.2) is 24.3 Å². The number of phosphoric ester groups is 1. The molecule has 0 aliphatic rings. The molecule has 11 heteroatoms. The Labute approximate surface area is 375 Å². The van der Waals surface area contributed by atoms with Gasteiger partial charge >= 0.3 is 19.9 Å². The average molecular weight is 886 g/mol. The Kier molecular flexibility index (Phi) is 38.7. The first-order valence-electron chi connectivity index (χ1n) is 24.8. The predicted molar refractivity (Wildman–Crippen MR) is 254 cm³/mol. The number of alkyl carbamates (subject to hydrolysis) is 1. The second kappa shape index (κ2) is 39.8. The second-order valence-electron chi connectivity index (χ2n) is 18.7. The number of amides is 1. The van der Waals surface area contributed by atoms with Gasteiger partial charge in [0.2, 0.25) is 0 Å². The first kappa shape index (κ1) is 59.3. The molecule has 0 spiro atoms. The summed E-state index contributed by atoms with van der Waals surface area (Å²) in [7, 11) is -4.13. The van der Waals surface area contributed by atoms with Crippen molar-refractivity contribution in [3.8, 4) is 0 Å². The highest BCUT2D eigenvalue weighted by atomic mass is 31.2. The molecule has 0 aromatic rings. The summed E-state index contributed by atoms with van der Waals surface area (Å²) in [6, 6.07) is 0. The lowest BCUT2D eigenvalue weighted by Crippen LogP contribution is -2.34. The van der Waals surface area contributed by atoms with Crippen LogP contribution in [0.1, 0.15) is 235 Å². The van der Waals surface area contributed by atoms with Crippen molar-refractivity contribution in [1.29, 1.82) is 0 Å². The second-order valence-corrected chi connectivity index (χ2v) is 20.3. The molecular formula is C50H96NO9P. The van der Waals surface area contributed by atoms with Crippen LogP contribution in [-0.4, -0.2) is 62.3 Å². The summed E-state index contributed by atoms with van der Waals surface area (Å²) >= 11 is 0. The van der Waals surface area contributed by atoms with Gasteiger partial charge in [-0.25, -0.2) is 9.36 Å². The first-order chi connectivity index (χ1) is 29.2. The monoisotopic (exact) mass is 886 g/mol. The maximum Gasteiger partial charge on any atom is 0.475 e. The number of carbonyl (C=O) groups is 2. The van der Waals surface area contributed by atoms with Crippen molar-refractivity contribution in [1.82, 2.24) is 5.32 Å². The van der Waals surface area contributed by atoms with E-state index in [0.29, 0.717) is 6.61 Å². The lowest BCUT2D eigenvalue weighted by Gasteiger charge is -2.27. The molecule has 61 heavy (non-hydrogen) atoms. The molecule has 0 aromatic carbocycles. The van der Waals surface area contributed by atoms with Gasteiger partial charge in [0.15, 0.2) is 0 Å². The molecule has 0 aromatic heterocycles. The highest BCUT2D eigenvalue weighted by Gasteiger charge is 2.34. The SMILES string of the molecule is CCCCCCCC/C=C\CCCCCCCC(=O)O[C@H](COC/C=C/CCCCCCCCCCCCCCC)COP(=O)(OCCNC(=O)OC(C)(C)C)OC(C)(C)C. The van der Waals surface area contributed by atoms with E-state index in [1.54, 1.807) is 41.5 Å². The number of carbonyl (C=O) groups excluding carboxylic acids is 2. The molecule has 0 saturated carbocycles. The van der Waals surface area contributed by atoms with Crippen LogP contribution in [0.3, 0.4) is 0 Å². The number of phosphoric acid groups is 1. The van der Waals surface area contributed by atoms with E-state index in [-0.39, 0.29) is 38.8 Å². The van der Waals surface area contributed by atoms with E-state index in [4.69, 9.17) is 27.8 Å². The van der Waals surface area contributed by atoms with Crippen LogP contribution in [0.25, 0.3) is 0 Å². The van der Waals surface area contributed by atoms with Gasteiger partial charge in [0.05, 0.1) is 32.0 Å². The lowest BCUT2D eigenvalue weighted by molar-refractivity contribution is -0.154. The van der Waals surface area contributed by atoms with Gasteiger partial charge in [-0.15, -0.1) is 0 Å². The van der Waals surface area contributed by atoms with Crippen LogP contribution in [0.4, 0.5) is 4.79 Å². The van der Waals surface area contributed by atoms with Gasteiger partial charge in [0.25, 0.3) is 0 Å². The Morgan fingerprint density at radius 3 is 1.46 bits per heavy atom. The molecule has 0 radical (unpaired) electrons. The molecule has 1 N–H and O–H groups in total. The van der Waals surface area contributed by atoms with Crippen molar-refractivity contribution in [3.63, 3.8) is 0 Å². The Bertz CT molecular complexity index is 1130. The van der Waals surface area contributed by atoms with E-state index >= 15 is 0 Å². The van der Waals surface area contributed by atoms with Crippen molar-refractivity contribution >= 4 is 19.9 Å². The third kappa shape index (κ3) is 44.7. The molecule has 0 aliphatic carbocycles. The molecular weight excluding hydrogens is 790 g/mol. The number of allylic oxidation sites excluding steroid dienone is 3. The number of esters is 1. The fraction of sp³-hybridized carbons (Fsp3) is 0.880. The van der Waals surface area contributed by atoms with Crippen LogP contribution >= 0.6 is 7.82 Å². The number of rotatable bonds is 42. The summed E-state index contributed by atoms with van der Waals surface area (Å²) in [6.45, 7) is 15.1. The number of hydrogen-bond donors (Lipinski definition) is 1. The molecule has 1 amide bonds. The molecule has 360 valence electrons. The zero-order chi connectivity index (χ0) is 45.3. The lowest BCUT2D eigenvalue weighted by atomic mass is 10.0. The van der Waals surface area contributed by atoms with Gasteiger partial charge in [-0.05, 0) is 86.5 Å². The predicted octanol–water partition coefficient (Wildman–Crippen LogP) is 15.5. The summed E-state index contributed by atoms with van der Waals surface area (Å²) in [5, 5.41) is 2.58. The highest BCUT2D eigenvalue weighted by Crippen LogP contribution is 2.52. The van der Waals surface area contributed by atoms with Gasteiger partial charge in [0.1, 0.15) is 11.7 Å². The minimum absolute atomic E-state index is 0.0267. The standard InChI is InChI=1S/C50H96NO9P/c1-9-11-13-15-17-19-21-23-25-27-29-31-33-35-37-39-42-55-44-46(45-57-61(54,60-50(6,7)8)56-43-41-51-48(53)59-49(3,4)5)58-47(52)40-38-36-34-32-30-28-26-24-22-20-18-16-14-12-10-2/h24,26,37,39,46H,9-23,25,27-36,38,40-45H2,1-8H3,(H,51,53)/b26-24-,39-37+/t46-,61?/m1/s1. The summed E-state index contributed by atoms with van der Waals surface area (Å²) in [5.41, 5.74) is -1.52. The third-order valence-corrected chi connectivity index (χ3v) is 11.7. The van der Waals surface area contributed by atoms with Crippen LogP contribution in [0.5, 0.6) is 0 Å². The van der Waals surface area contributed by atoms with Gasteiger partial charge in [0, 0.05) is 13.0 Å². The molecule has 0 saturated heterocycles. The number of hydrogen-bond acceptors (Lipinski definition) is 9. The van der Waals surface area contributed by atoms with Gasteiger partial charge in [-0.2, -0.15) is 0 Å². The van der Waals surface area contributed by atoms with E-state index in [9.17, 15) is 14.2 Å². The fourth-order valence-electron chi connectivity index (χ4n) is 6.66. The highest BCUT2D eigenvalue weighted by molar-refractivity contribution is 7.48. The fourth-order valence-corrected chi connectivity index (χ4v) is 8.17. The number of unbranched alkanes of at least 4 members (excludes halogenated alkanes) is 24. The van der Waals surface area contributed by atoms with Crippen LogP contribution in [-0.2, 0) is 37.1 Å². The molecule has 0 bridgehead atoms. The Hall–Kier alpha value is -1.71. The summed E-state index contributed by atoms with van der Waals surface area (Å²) in [4.78, 5) is 25.0. The maximum atomic E-state index is 13.8. The molecule has 0 aliphatic heterocycles. The molecule has 1 unspecified atom stereocenters. The van der Waals surface area contributed by atoms with Crippen molar-refractivity contribution < 1.29 is 41.9 Å². The molecule has 0 fully saturated rings. The van der Waals surface area contributed by atoms with Gasteiger partial charge in [-0.3, -0.25) is 18.4 Å². The minimum Gasteiger partial charge on any atom is -0.457 e. The van der Waals surface area contributed by atoms with Crippen LogP contribution in [0.2, 0.25) is 0 Å². The molecule has 0 rings (SSSR count). The Morgan fingerprint density at radius 1 is 0.557 bits per heavy atom. The third-order valence-electron chi connectivity index (χ3n) is 9.92. The van der Waals surface area contributed by atoms with Gasteiger partial charge < -0.3 is 19.5 Å². The van der Waals surface area contributed by atoms with E-state index in [2.05, 4.69) is 37.4 Å². The summed E-state index contributed by atoms with van der Waals surface area (Å²) in [6.07, 6.45) is 41.4. The Morgan fingerprint density at radius 2 is 1.00 bits per heavy atom. The normalized spacial score (nSPS) is 13.8. The average Bonchev–Trinajstić information content (AvgIpc) is 3.18. The molecule has 0 heterocycles. The van der Waals surface area contributed by atoms with Crippen molar-refractivity contribution in [2.24, 2.45) is 0 Å². The largest absolute Gasteiger partial charge is 0.475 e. The van der Waals surface area contributed by atoms with Crippen molar-refractivity contribution in [2.45, 2.75) is 252 Å². The van der Waals surface area contributed by atoms with E-state index in [1.165, 1.54) is 122 Å². The zero-order valence-corrected chi connectivity index (χ0v) is 41.7. The maximum absolute atomic E-state index is 13.8. The summed E-state index contributed by atoms with van der Waals surface area (Å²) in [5.74, 6) is -0.346.